The molecule has 0 N–H and O–H groups in total. The van der Waals surface area contributed by atoms with Gasteiger partial charge in [-0.25, -0.2) is 0 Å². The molecule has 3 rings (SSSR count). The highest BCUT2D eigenvalue weighted by Gasteiger charge is 2.39. The Morgan fingerprint density at radius 1 is 0.857 bits per heavy atom. The standard InChI is InChI=1S/C17H13NO3/c19-11-10-15(12-6-2-1-3-7-12)18-16(20)13-8-4-5-9-14(13)17(18)21/h1-9,11,15H,10H2/t15-/m0/s1. The molecule has 2 aromatic carbocycles. The van der Waals surface area contributed by atoms with Gasteiger partial charge in [0.2, 0.25) is 0 Å². The van der Waals surface area contributed by atoms with E-state index in [9.17, 15) is 14.4 Å². The minimum absolute atomic E-state index is 0.0927. The molecule has 0 aromatic heterocycles. The molecule has 1 aliphatic rings. The summed E-state index contributed by atoms with van der Waals surface area (Å²) in [6, 6.07) is 15.3. The molecule has 21 heavy (non-hydrogen) atoms. The van der Waals surface area contributed by atoms with E-state index in [4.69, 9.17) is 0 Å². The van der Waals surface area contributed by atoms with Crippen LogP contribution < -0.4 is 0 Å². The van der Waals surface area contributed by atoms with Crippen LogP contribution in [0.25, 0.3) is 0 Å². The second-order valence-electron chi connectivity index (χ2n) is 4.85. The van der Waals surface area contributed by atoms with Crippen molar-refractivity contribution in [3.63, 3.8) is 0 Å². The lowest BCUT2D eigenvalue weighted by atomic mass is 10.0. The first kappa shape index (κ1) is 13.2. The molecule has 4 heteroatoms. The summed E-state index contributed by atoms with van der Waals surface area (Å²) in [6.45, 7) is 0. The molecule has 0 saturated heterocycles. The summed E-state index contributed by atoms with van der Waals surface area (Å²) < 4.78 is 0. The molecule has 4 nitrogen and oxygen atoms in total. The second kappa shape index (κ2) is 5.32. The van der Waals surface area contributed by atoms with Crippen LogP contribution in [-0.4, -0.2) is 23.0 Å². The largest absolute Gasteiger partial charge is 0.303 e. The molecule has 0 unspecified atom stereocenters. The number of fused-ring (bicyclic) bond motifs is 1. The topological polar surface area (TPSA) is 54.5 Å². The van der Waals surface area contributed by atoms with Gasteiger partial charge in [0.15, 0.2) is 0 Å². The van der Waals surface area contributed by atoms with Gasteiger partial charge >= 0.3 is 0 Å². The quantitative estimate of drug-likeness (QED) is 0.638. The molecular weight excluding hydrogens is 266 g/mol. The minimum Gasteiger partial charge on any atom is -0.303 e. The molecule has 0 bridgehead atoms. The molecule has 1 aliphatic heterocycles. The van der Waals surface area contributed by atoms with E-state index in [1.165, 1.54) is 4.90 Å². The number of carbonyl (C=O) groups excluding carboxylic acids is 3. The lowest BCUT2D eigenvalue weighted by Crippen LogP contribution is -2.34. The molecule has 2 aromatic rings. The zero-order valence-electron chi connectivity index (χ0n) is 11.2. The Morgan fingerprint density at radius 3 is 1.90 bits per heavy atom. The van der Waals surface area contributed by atoms with Crippen LogP contribution in [0.2, 0.25) is 0 Å². The van der Waals surface area contributed by atoms with Crippen LogP contribution in [0.5, 0.6) is 0 Å². The fourth-order valence-corrected chi connectivity index (χ4v) is 2.65. The third-order valence-electron chi connectivity index (χ3n) is 3.64. The minimum atomic E-state index is -0.559. The number of hydrogen-bond acceptors (Lipinski definition) is 3. The maximum atomic E-state index is 12.5. The Morgan fingerprint density at radius 2 is 1.38 bits per heavy atom. The van der Waals surface area contributed by atoms with E-state index in [2.05, 4.69) is 0 Å². The third-order valence-corrected chi connectivity index (χ3v) is 3.64. The Balaban J connectivity index is 2.04. The number of carbonyl (C=O) groups is 3. The van der Waals surface area contributed by atoms with Crippen LogP contribution >= 0.6 is 0 Å². The summed E-state index contributed by atoms with van der Waals surface area (Å²) in [6.07, 6.45) is 0.830. The summed E-state index contributed by atoms with van der Waals surface area (Å²) in [7, 11) is 0. The molecular formula is C17H13NO3. The summed E-state index contributed by atoms with van der Waals surface area (Å²) >= 11 is 0. The predicted molar refractivity (Wildman–Crippen MR) is 76.8 cm³/mol. The van der Waals surface area contributed by atoms with E-state index >= 15 is 0 Å². The van der Waals surface area contributed by atoms with E-state index in [0.717, 1.165) is 11.8 Å². The van der Waals surface area contributed by atoms with Crippen molar-refractivity contribution >= 4 is 18.1 Å². The van der Waals surface area contributed by atoms with E-state index in [-0.39, 0.29) is 18.2 Å². The molecule has 0 radical (unpaired) electrons. The first-order chi connectivity index (χ1) is 10.2. The van der Waals surface area contributed by atoms with Crippen molar-refractivity contribution in [2.24, 2.45) is 0 Å². The molecule has 0 spiro atoms. The van der Waals surface area contributed by atoms with Crippen molar-refractivity contribution in [3.8, 4) is 0 Å². The number of amides is 2. The summed E-state index contributed by atoms with van der Waals surface area (Å²) in [5.74, 6) is -0.683. The van der Waals surface area contributed by atoms with Gasteiger partial charge in [0.05, 0.1) is 17.2 Å². The van der Waals surface area contributed by atoms with Gasteiger partial charge in [-0.15, -0.1) is 0 Å². The van der Waals surface area contributed by atoms with Crippen molar-refractivity contribution in [1.29, 1.82) is 0 Å². The van der Waals surface area contributed by atoms with Gasteiger partial charge in [-0.2, -0.15) is 0 Å². The molecule has 1 heterocycles. The maximum Gasteiger partial charge on any atom is 0.262 e. The number of aldehydes is 1. The fourth-order valence-electron chi connectivity index (χ4n) is 2.65. The third kappa shape index (κ3) is 2.14. The van der Waals surface area contributed by atoms with Crippen molar-refractivity contribution in [1.82, 2.24) is 4.90 Å². The van der Waals surface area contributed by atoms with Gasteiger partial charge < -0.3 is 4.79 Å². The van der Waals surface area contributed by atoms with Crippen LogP contribution in [0.4, 0.5) is 0 Å². The monoisotopic (exact) mass is 279 g/mol. The average Bonchev–Trinajstić information content (AvgIpc) is 2.78. The number of imide groups is 1. The highest BCUT2D eigenvalue weighted by molar-refractivity contribution is 6.21. The molecule has 1 atom stereocenters. The average molecular weight is 279 g/mol. The van der Waals surface area contributed by atoms with Crippen molar-refractivity contribution < 1.29 is 14.4 Å². The highest BCUT2D eigenvalue weighted by Crippen LogP contribution is 2.32. The predicted octanol–water partition coefficient (Wildman–Crippen LogP) is 2.61. The summed E-state index contributed by atoms with van der Waals surface area (Å²) in [5.41, 5.74) is 1.57. The highest BCUT2D eigenvalue weighted by atomic mass is 16.2. The number of hydrogen-bond donors (Lipinski definition) is 0. The number of benzene rings is 2. The van der Waals surface area contributed by atoms with Crippen LogP contribution in [0.15, 0.2) is 54.6 Å². The van der Waals surface area contributed by atoms with E-state index in [0.29, 0.717) is 11.1 Å². The zero-order valence-corrected chi connectivity index (χ0v) is 11.2. The Labute approximate surface area is 122 Å². The van der Waals surface area contributed by atoms with Crippen molar-refractivity contribution in [2.75, 3.05) is 0 Å². The Kier molecular flexibility index (Phi) is 3.36. The molecule has 0 saturated carbocycles. The van der Waals surface area contributed by atoms with E-state index in [1.54, 1.807) is 24.3 Å². The SMILES string of the molecule is O=CC[C@@H](c1ccccc1)N1C(=O)c2ccccc2C1=O. The number of nitrogens with zero attached hydrogens (tertiary/aromatic N) is 1. The van der Waals surface area contributed by atoms with Gasteiger partial charge in [0, 0.05) is 6.42 Å². The fraction of sp³-hybridized carbons (Fsp3) is 0.118. The van der Waals surface area contributed by atoms with Gasteiger partial charge in [0.1, 0.15) is 6.29 Å². The van der Waals surface area contributed by atoms with Gasteiger partial charge in [0.25, 0.3) is 11.8 Å². The first-order valence-electron chi connectivity index (χ1n) is 6.69. The summed E-state index contributed by atoms with van der Waals surface area (Å²) in [4.78, 5) is 37.1. The van der Waals surface area contributed by atoms with Crippen LogP contribution in [0.3, 0.4) is 0 Å². The smallest absolute Gasteiger partial charge is 0.262 e. The second-order valence-corrected chi connectivity index (χ2v) is 4.85. The Bertz CT molecular complexity index is 674. The van der Waals surface area contributed by atoms with Gasteiger partial charge in [-0.3, -0.25) is 14.5 Å². The molecule has 0 fully saturated rings. The Hall–Kier alpha value is -2.75. The van der Waals surface area contributed by atoms with Gasteiger partial charge in [-0.1, -0.05) is 42.5 Å². The lowest BCUT2D eigenvalue weighted by molar-refractivity contribution is -0.108. The normalized spacial score (nSPS) is 15.0. The molecule has 2 amide bonds. The van der Waals surface area contributed by atoms with Crippen LogP contribution in [-0.2, 0) is 4.79 Å². The first-order valence-corrected chi connectivity index (χ1v) is 6.69. The van der Waals surface area contributed by atoms with Crippen LogP contribution in [0.1, 0.15) is 38.7 Å². The van der Waals surface area contributed by atoms with Crippen LogP contribution in [0, 0.1) is 0 Å². The lowest BCUT2D eigenvalue weighted by Gasteiger charge is -2.25. The van der Waals surface area contributed by atoms with Gasteiger partial charge in [-0.05, 0) is 17.7 Å². The molecule has 104 valence electrons. The van der Waals surface area contributed by atoms with Crippen molar-refractivity contribution in [3.05, 3.63) is 71.3 Å². The van der Waals surface area contributed by atoms with Crippen molar-refractivity contribution in [2.45, 2.75) is 12.5 Å². The molecule has 0 aliphatic carbocycles. The zero-order chi connectivity index (χ0) is 14.8. The number of rotatable bonds is 4. The maximum absolute atomic E-state index is 12.5. The van der Waals surface area contributed by atoms with E-state index < -0.39 is 6.04 Å². The summed E-state index contributed by atoms with van der Waals surface area (Å²) in [5, 5.41) is 0. The van der Waals surface area contributed by atoms with E-state index in [1.807, 2.05) is 30.3 Å².